The molecule has 1 fully saturated rings. The van der Waals surface area contributed by atoms with Crippen molar-refractivity contribution in [3.8, 4) is 0 Å². The lowest BCUT2D eigenvalue weighted by Gasteiger charge is -2.20. The van der Waals surface area contributed by atoms with Crippen LogP contribution in [0.15, 0.2) is 24.3 Å². The van der Waals surface area contributed by atoms with E-state index in [1.165, 1.54) is 0 Å². The van der Waals surface area contributed by atoms with Crippen molar-refractivity contribution < 1.29 is 9.59 Å². The minimum atomic E-state index is -0.267. The van der Waals surface area contributed by atoms with Crippen molar-refractivity contribution in [2.75, 3.05) is 5.32 Å². The number of hydrogen-bond acceptors (Lipinski definition) is 2. The van der Waals surface area contributed by atoms with Crippen LogP contribution >= 0.6 is 11.6 Å². The van der Waals surface area contributed by atoms with E-state index in [-0.39, 0.29) is 29.2 Å². The Balaban J connectivity index is 1.87. The smallest absolute Gasteiger partial charge is 0.228 e. The van der Waals surface area contributed by atoms with E-state index >= 15 is 0 Å². The van der Waals surface area contributed by atoms with Crippen LogP contribution < -0.4 is 10.6 Å². The molecule has 2 atom stereocenters. The van der Waals surface area contributed by atoms with Gasteiger partial charge in [-0.1, -0.05) is 11.6 Å². The maximum Gasteiger partial charge on any atom is 0.228 e. The predicted molar refractivity (Wildman–Crippen MR) is 79.6 cm³/mol. The van der Waals surface area contributed by atoms with E-state index in [0.717, 1.165) is 0 Å². The van der Waals surface area contributed by atoms with Crippen molar-refractivity contribution in [2.24, 2.45) is 11.8 Å². The van der Waals surface area contributed by atoms with Gasteiger partial charge in [0, 0.05) is 16.2 Å². The first kappa shape index (κ1) is 14.9. The number of amides is 2. The van der Waals surface area contributed by atoms with Gasteiger partial charge in [0.05, 0.1) is 11.8 Å². The average molecular weight is 295 g/mol. The molecule has 5 heteroatoms. The number of benzene rings is 1. The maximum absolute atomic E-state index is 12.0. The van der Waals surface area contributed by atoms with Crippen molar-refractivity contribution in [3.63, 3.8) is 0 Å². The Hall–Kier alpha value is -1.55. The Bertz CT molecular complexity index is 520. The first-order chi connectivity index (χ1) is 9.26. The van der Waals surface area contributed by atoms with Crippen LogP contribution in [0.4, 0.5) is 5.69 Å². The number of rotatable bonds is 3. The zero-order valence-corrected chi connectivity index (χ0v) is 12.6. The van der Waals surface area contributed by atoms with Crippen LogP contribution in [0.25, 0.3) is 0 Å². The number of hydrogen-bond donors (Lipinski definition) is 2. The first-order valence-electron chi connectivity index (χ1n) is 6.65. The van der Waals surface area contributed by atoms with E-state index in [9.17, 15) is 9.59 Å². The fourth-order valence-electron chi connectivity index (χ4n) is 2.01. The number of carbonyl (C=O) groups is 2. The molecule has 0 bridgehead atoms. The lowest BCUT2D eigenvalue weighted by atomic mass is 10.1. The Morgan fingerprint density at radius 2 is 1.65 bits per heavy atom. The Morgan fingerprint density at radius 1 is 1.10 bits per heavy atom. The molecular formula is C15H19ClN2O2. The highest BCUT2D eigenvalue weighted by atomic mass is 35.5. The zero-order valence-electron chi connectivity index (χ0n) is 11.9. The van der Waals surface area contributed by atoms with Crippen molar-refractivity contribution in [3.05, 3.63) is 29.3 Å². The fourth-order valence-corrected chi connectivity index (χ4v) is 2.13. The van der Waals surface area contributed by atoms with Gasteiger partial charge >= 0.3 is 0 Å². The third-order valence-electron chi connectivity index (χ3n) is 3.07. The summed E-state index contributed by atoms with van der Waals surface area (Å²) in [5.41, 5.74) is 0.429. The summed E-state index contributed by atoms with van der Waals surface area (Å²) in [4.78, 5) is 23.9. The van der Waals surface area contributed by atoms with Gasteiger partial charge < -0.3 is 10.6 Å². The molecular weight excluding hydrogens is 276 g/mol. The Morgan fingerprint density at radius 3 is 2.20 bits per heavy atom. The molecule has 4 nitrogen and oxygen atoms in total. The second-order valence-corrected chi connectivity index (χ2v) is 6.62. The van der Waals surface area contributed by atoms with Crippen LogP contribution in [-0.4, -0.2) is 17.4 Å². The van der Waals surface area contributed by atoms with E-state index in [1.54, 1.807) is 24.3 Å². The summed E-state index contributed by atoms with van der Waals surface area (Å²) >= 11 is 5.78. The SMILES string of the molecule is CC(C)(C)NC(=O)C1CC1C(=O)Nc1ccc(Cl)cc1. The lowest BCUT2D eigenvalue weighted by molar-refractivity contribution is -0.126. The van der Waals surface area contributed by atoms with Gasteiger partial charge in [-0.05, 0) is 51.5 Å². The highest BCUT2D eigenvalue weighted by molar-refractivity contribution is 6.30. The number of nitrogens with one attached hydrogen (secondary N) is 2. The van der Waals surface area contributed by atoms with Crippen molar-refractivity contribution in [1.29, 1.82) is 0 Å². The van der Waals surface area contributed by atoms with Gasteiger partial charge in [-0.15, -0.1) is 0 Å². The molecule has 1 saturated carbocycles. The molecule has 108 valence electrons. The third kappa shape index (κ3) is 3.97. The summed E-state index contributed by atoms with van der Waals surface area (Å²) in [7, 11) is 0. The van der Waals surface area contributed by atoms with E-state index < -0.39 is 0 Å². The Kier molecular flexibility index (Phi) is 4.04. The summed E-state index contributed by atoms with van der Waals surface area (Å²) in [6.45, 7) is 5.78. The molecule has 1 aliphatic carbocycles. The second-order valence-electron chi connectivity index (χ2n) is 6.18. The van der Waals surface area contributed by atoms with Crippen LogP contribution in [0, 0.1) is 11.8 Å². The molecule has 1 aliphatic rings. The predicted octanol–water partition coefficient (Wildman–Crippen LogP) is 2.83. The normalized spacial score (nSPS) is 21.2. The summed E-state index contributed by atoms with van der Waals surface area (Å²) in [6.07, 6.45) is 0.612. The molecule has 2 amide bonds. The van der Waals surface area contributed by atoms with Gasteiger partial charge in [0.1, 0.15) is 0 Å². The summed E-state index contributed by atoms with van der Waals surface area (Å²) in [5, 5.41) is 6.32. The summed E-state index contributed by atoms with van der Waals surface area (Å²) < 4.78 is 0. The number of anilines is 1. The monoisotopic (exact) mass is 294 g/mol. The molecule has 20 heavy (non-hydrogen) atoms. The van der Waals surface area contributed by atoms with Gasteiger partial charge in [0.25, 0.3) is 0 Å². The zero-order chi connectivity index (χ0) is 14.9. The van der Waals surface area contributed by atoms with Gasteiger partial charge in [-0.25, -0.2) is 0 Å². The van der Waals surface area contributed by atoms with Crippen LogP contribution in [0.5, 0.6) is 0 Å². The largest absolute Gasteiger partial charge is 0.351 e. The van der Waals surface area contributed by atoms with Gasteiger partial charge in [0.2, 0.25) is 11.8 Å². The topological polar surface area (TPSA) is 58.2 Å². The Labute approximate surface area is 123 Å². The molecule has 0 spiro atoms. The average Bonchev–Trinajstić information content (AvgIpc) is 3.10. The molecule has 2 unspecified atom stereocenters. The highest BCUT2D eigenvalue weighted by Gasteiger charge is 2.48. The van der Waals surface area contributed by atoms with Gasteiger partial charge in [-0.3, -0.25) is 9.59 Å². The standard InChI is InChI=1S/C15H19ClN2O2/c1-15(2,3)18-14(20)12-8-11(12)13(19)17-10-6-4-9(16)5-7-10/h4-7,11-12H,8H2,1-3H3,(H,17,19)(H,18,20). The number of carbonyl (C=O) groups excluding carboxylic acids is 2. The van der Waals surface area contributed by atoms with Crippen molar-refractivity contribution in [2.45, 2.75) is 32.7 Å². The fraction of sp³-hybridized carbons (Fsp3) is 0.467. The van der Waals surface area contributed by atoms with E-state index in [0.29, 0.717) is 17.1 Å². The van der Waals surface area contributed by atoms with Gasteiger partial charge in [0.15, 0.2) is 0 Å². The molecule has 0 saturated heterocycles. The highest BCUT2D eigenvalue weighted by Crippen LogP contribution is 2.39. The molecule has 0 aliphatic heterocycles. The van der Waals surface area contributed by atoms with E-state index in [2.05, 4.69) is 10.6 Å². The summed E-state index contributed by atoms with van der Waals surface area (Å²) in [6, 6.07) is 6.92. The number of halogens is 1. The van der Waals surface area contributed by atoms with E-state index in [1.807, 2.05) is 20.8 Å². The minimum absolute atomic E-state index is 0.0474. The molecule has 0 heterocycles. The molecule has 2 N–H and O–H groups in total. The van der Waals surface area contributed by atoms with Crippen LogP contribution in [-0.2, 0) is 9.59 Å². The van der Waals surface area contributed by atoms with Crippen molar-refractivity contribution >= 4 is 29.1 Å². The maximum atomic E-state index is 12.0. The molecule has 0 aromatic heterocycles. The quantitative estimate of drug-likeness (QED) is 0.900. The van der Waals surface area contributed by atoms with Crippen LogP contribution in [0.3, 0.4) is 0 Å². The summed E-state index contributed by atoms with van der Waals surface area (Å²) in [5.74, 6) is -0.593. The van der Waals surface area contributed by atoms with Crippen LogP contribution in [0.2, 0.25) is 5.02 Å². The lowest BCUT2D eigenvalue weighted by Crippen LogP contribution is -2.42. The van der Waals surface area contributed by atoms with Gasteiger partial charge in [-0.2, -0.15) is 0 Å². The van der Waals surface area contributed by atoms with Crippen molar-refractivity contribution in [1.82, 2.24) is 5.32 Å². The molecule has 1 aromatic rings. The molecule has 0 radical (unpaired) electrons. The van der Waals surface area contributed by atoms with E-state index in [4.69, 9.17) is 11.6 Å². The first-order valence-corrected chi connectivity index (χ1v) is 7.02. The third-order valence-corrected chi connectivity index (χ3v) is 3.33. The van der Waals surface area contributed by atoms with Crippen LogP contribution in [0.1, 0.15) is 27.2 Å². The minimum Gasteiger partial charge on any atom is -0.351 e. The molecule has 1 aromatic carbocycles. The second kappa shape index (κ2) is 5.44. The molecule has 2 rings (SSSR count).